The number of carbonyl (C=O) groups excluding carboxylic acids is 2. The van der Waals surface area contributed by atoms with Crippen molar-refractivity contribution in [2.75, 3.05) is 26.2 Å². The Balaban J connectivity index is 1.41. The molecular weight excluding hydrogens is 410 g/mol. The highest BCUT2D eigenvalue weighted by Crippen LogP contribution is 2.39. The van der Waals surface area contributed by atoms with Crippen LogP contribution in [0.2, 0.25) is 0 Å². The monoisotopic (exact) mass is 451 g/mol. The topological polar surface area (TPSA) is 86.4 Å². The van der Waals surface area contributed by atoms with E-state index in [0.717, 1.165) is 45.3 Å². The van der Waals surface area contributed by atoms with Crippen molar-refractivity contribution in [1.82, 2.24) is 25.7 Å². The molecule has 2 N–H and O–H groups in total. The number of hydrogen-bond acceptors (Lipinski definition) is 7. The number of carbonyl (C=O) groups is 2. The number of ether oxygens (including phenoxy) is 1. The summed E-state index contributed by atoms with van der Waals surface area (Å²) in [4.78, 5) is 34.8. The standard InChI is InChI=1S/C23H41N5O4/c1-14(2)31-23(30)27-11-15(3)28(17(5)29)21-7-6-18(9-22(21)27)19-10-24-26(12-19)13-20-8-16(4)32-25-20/h14-16,18-22,24-25H,6-13H2,1-5H3/t15-,16?,18?,19?,20?,21?,22?/m0/s1. The zero-order chi connectivity index (χ0) is 23.0. The molecule has 182 valence electrons. The van der Waals surface area contributed by atoms with Crippen LogP contribution < -0.4 is 10.9 Å². The van der Waals surface area contributed by atoms with Crippen molar-refractivity contribution in [3.63, 3.8) is 0 Å². The Morgan fingerprint density at radius 3 is 2.53 bits per heavy atom. The Hall–Kier alpha value is -1.42. The molecule has 1 saturated carbocycles. The largest absolute Gasteiger partial charge is 0.447 e. The van der Waals surface area contributed by atoms with E-state index in [2.05, 4.69) is 22.8 Å². The number of hydrazine groups is 1. The lowest BCUT2D eigenvalue weighted by Crippen LogP contribution is -2.67. The summed E-state index contributed by atoms with van der Waals surface area (Å²) in [7, 11) is 0. The van der Waals surface area contributed by atoms with E-state index in [1.54, 1.807) is 6.92 Å². The molecule has 0 bridgehead atoms. The van der Waals surface area contributed by atoms with E-state index < -0.39 is 0 Å². The van der Waals surface area contributed by atoms with Gasteiger partial charge < -0.3 is 14.5 Å². The van der Waals surface area contributed by atoms with Gasteiger partial charge in [-0.3, -0.25) is 15.1 Å². The molecule has 3 heterocycles. The molecule has 4 rings (SSSR count). The van der Waals surface area contributed by atoms with Crippen LogP contribution in [-0.4, -0.2) is 89.4 Å². The zero-order valence-electron chi connectivity index (χ0n) is 20.3. The highest BCUT2D eigenvalue weighted by molar-refractivity contribution is 5.75. The molecule has 0 spiro atoms. The number of hydrogen-bond donors (Lipinski definition) is 2. The van der Waals surface area contributed by atoms with Crippen molar-refractivity contribution < 1.29 is 19.2 Å². The SMILES string of the molecule is CC(=O)N1C2CCC(C3CNN(CC4CC(C)ON4)C3)CC2N(C(=O)OC(C)C)C[C@@H]1C. The quantitative estimate of drug-likeness (QED) is 0.673. The van der Waals surface area contributed by atoms with Crippen LogP contribution in [-0.2, 0) is 14.4 Å². The first-order valence-electron chi connectivity index (χ1n) is 12.4. The molecule has 3 aliphatic heterocycles. The van der Waals surface area contributed by atoms with Crippen molar-refractivity contribution in [1.29, 1.82) is 0 Å². The van der Waals surface area contributed by atoms with E-state index in [1.165, 1.54) is 0 Å². The van der Waals surface area contributed by atoms with Crippen molar-refractivity contribution in [3.05, 3.63) is 0 Å². The molecule has 9 nitrogen and oxygen atoms in total. The molecule has 7 atom stereocenters. The summed E-state index contributed by atoms with van der Waals surface area (Å²) in [5.74, 6) is 1.18. The van der Waals surface area contributed by atoms with Crippen LogP contribution in [0.25, 0.3) is 0 Å². The molecule has 0 radical (unpaired) electrons. The first kappa shape index (κ1) is 23.7. The average molecular weight is 452 g/mol. The van der Waals surface area contributed by atoms with Crippen molar-refractivity contribution in [2.24, 2.45) is 11.8 Å². The van der Waals surface area contributed by atoms with Crippen LogP contribution >= 0.6 is 0 Å². The molecule has 1 aliphatic carbocycles. The minimum Gasteiger partial charge on any atom is -0.447 e. The third-order valence-electron chi connectivity index (χ3n) is 7.64. The van der Waals surface area contributed by atoms with Gasteiger partial charge in [0.15, 0.2) is 0 Å². The average Bonchev–Trinajstić information content (AvgIpc) is 3.35. The number of nitrogens with one attached hydrogen (secondary N) is 2. The summed E-state index contributed by atoms with van der Waals surface area (Å²) in [6.07, 6.45) is 3.87. The fourth-order valence-electron chi connectivity index (χ4n) is 6.31. The maximum Gasteiger partial charge on any atom is 0.410 e. The van der Waals surface area contributed by atoms with Gasteiger partial charge in [-0.2, -0.15) is 5.48 Å². The van der Waals surface area contributed by atoms with Crippen molar-refractivity contribution in [3.8, 4) is 0 Å². The second-order valence-corrected chi connectivity index (χ2v) is 10.6. The molecule has 4 aliphatic rings. The van der Waals surface area contributed by atoms with E-state index in [1.807, 2.05) is 30.6 Å². The number of amides is 2. The first-order chi connectivity index (χ1) is 15.2. The molecule has 9 heteroatoms. The molecule has 6 unspecified atom stereocenters. The molecule has 3 saturated heterocycles. The van der Waals surface area contributed by atoms with E-state index in [9.17, 15) is 9.59 Å². The van der Waals surface area contributed by atoms with Crippen LogP contribution in [0.4, 0.5) is 4.79 Å². The Morgan fingerprint density at radius 1 is 1.09 bits per heavy atom. The molecule has 0 aromatic rings. The summed E-state index contributed by atoms with van der Waals surface area (Å²) >= 11 is 0. The van der Waals surface area contributed by atoms with Gasteiger partial charge in [-0.1, -0.05) is 0 Å². The fraction of sp³-hybridized carbons (Fsp3) is 0.913. The summed E-state index contributed by atoms with van der Waals surface area (Å²) in [5.41, 5.74) is 6.72. The van der Waals surface area contributed by atoms with Crippen LogP contribution in [0.1, 0.15) is 60.3 Å². The Bertz CT molecular complexity index is 691. The van der Waals surface area contributed by atoms with Gasteiger partial charge in [-0.15, -0.1) is 0 Å². The number of nitrogens with zero attached hydrogens (tertiary/aromatic N) is 3. The first-order valence-corrected chi connectivity index (χ1v) is 12.4. The lowest BCUT2D eigenvalue weighted by Gasteiger charge is -2.54. The van der Waals surface area contributed by atoms with Gasteiger partial charge in [0.1, 0.15) is 0 Å². The molecule has 2 amide bonds. The molecule has 0 aromatic heterocycles. The Morgan fingerprint density at radius 2 is 1.88 bits per heavy atom. The van der Waals surface area contributed by atoms with Crippen LogP contribution in [0.15, 0.2) is 0 Å². The molecule has 32 heavy (non-hydrogen) atoms. The van der Waals surface area contributed by atoms with Crippen molar-refractivity contribution >= 4 is 12.0 Å². The van der Waals surface area contributed by atoms with Gasteiger partial charge in [-0.05, 0) is 65.2 Å². The van der Waals surface area contributed by atoms with E-state index in [0.29, 0.717) is 24.4 Å². The summed E-state index contributed by atoms with van der Waals surface area (Å²) in [6.45, 7) is 13.0. The third kappa shape index (κ3) is 5.05. The zero-order valence-corrected chi connectivity index (χ0v) is 20.3. The summed E-state index contributed by atoms with van der Waals surface area (Å²) < 4.78 is 5.59. The second-order valence-electron chi connectivity index (χ2n) is 10.6. The predicted octanol–water partition coefficient (Wildman–Crippen LogP) is 1.74. The third-order valence-corrected chi connectivity index (χ3v) is 7.64. The summed E-state index contributed by atoms with van der Waals surface area (Å²) in [5, 5.41) is 2.32. The normalized spacial score (nSPS) is 38.2. The smallest absolute Gasteiger partial charge is 0.410 e. The number of hydroxylamine groups is 1. The van der Waals surface area contributed by atoms with Gasteiger partial charge in [0.05, 0.1) is 24.3 Å². The lowest BCUT2D eigenvalue weighted by molar-refractivity contribution is -0.142. The fourth-order valence-corrected chi connectivity index (χ4v) is 6.31. The van der Waals surface area contributed by atoms with Gasteiger partial charge in [-0.25, -0.2) is 9.80 Å². The van der Waals surface area contributed by atoms with E-state index in [4.69, 9.17) is 9.57 Å². The van der Waals surface area contributed by atoms with E-state index >= 15 is 0 Å². The van der Waals surface area contributed by atoms with Crippen molar-refractivity contribution in [2.45, 2.75) is 96.7 Å². The van der Waals surface area contributed by atoms with Crippen LogP contribution in [0.3, 0.4) is 0 Å². The number of rotatable bonds is 4. The molecule has 0 aromatic carbocycles. The van der Waals surface area contributed by atoms with Crippen LogP contribution in [0, 0.1) is 11.8 Å². The van der Waals surface area contributed by atoms with E-state index in [-0.39, 0.29) is 42.3 Å². The van der Waals surface area contributed by atoms with Crippen LogP contribution in [0.5, 0.6) is 0 Å². The maximum atomic E-state index is 12.9. The minimum atomic E-state index is -0.238. The Kier molecular flexibility index (Phi) is 7.29. The maximum absolute atomic E-state index is 12.9. The number of piperazine rings is 1. The minimum absolute atomic E-state index is 0.0113. The highest BCUT2D eigenvalue weighted by atomic mass is 16.7. The van der Waals surface area contributed by atoms with Gasteiger partial charge in [0.2, 0.25) is 5.91 Å². The summed E-state index contributed by atoms with van der Waals surface area (Å²) in [6, 6.07) is 0.480. The van der Waals surface area contributed by atoms with Gasteiger partial charge >= 0.3 is 6.09 Å². The Labute approximate surface area is 192 Å². The lowest BCUT2D eigenvalue weighted by atomic mass is 9.73. The predicted molar refractivity (Wildman–Crippen MR) is 120 cm³/mol. The molecule has 4 fully saturated rings. The van der Waals surface area contributed by atoms with Gasteiger partial charge in [0.25, 0.3) is 0 Å². The molecular formula is C23H41N5O4. The second kappa shape index (κ2) is 9.83. The van der Waals surface area contributed by atoms with Gasteiger partial charge in [0, 0.05) is 45.2 Å². The number of fused-ring (bicyclic) bond motifs is 1. The highest BCUT2D eigenvalue weighted by Gasteiger charge is 2.48.